The molecule has 2 saturated heterocycles. The molecule has 2 aliphatic heterocycles. The van der Waals surface area contributed by atoms with Gasteiger partial charge in [0, 0.05) is 63.1 Å². The molecule has 0 unspecified atom stereocenters. The summed E-state index contributed by atoms with van der Waals surface area (Å²) in [4.78, 5) is 2.61. The molecule has 3 atom stereocenters. The molecule has 0 spiro atoms. The van der Waals surface area contributed by atoms with E-state index in [1.807, 2.05) is 31.4 Å². The molecule has 0 amide bonds. The highest BCUT2D eigenvalue weighted by molar-refractivity contribution is 5.83. The lowest BCUT2D eigenvalue weighted by molar-refractivity contribution is 0.0545. The van der Waals surface area contributed by atoms with Crippen molar-refractivity contribution in [1.29, 1.82) is 0 Å². The van der Waals surface area contributed by atoms with Crippen molar-refractivity contribution >= 4 is 16.7 Å². The van der Waals surface area contributed by atoms with Gasteiger partial charge >= 0.3 is 0 Å². The van der Waals surface area contributed by atoms with Gasteiger partial charge in [-0.2, -0.15) is 5.10 Å². The number of alkyl halides is 2. The Morgan fingerprint density at radius 3 is 2.60 bits per heavy atom. The molecule has 4 heterocycles. The number of halogens is 2. The van der Waals surface area contributed by atoms with Crippen LogP contribution in [0.1, 0.15) is 37.7 Å². The predicted molar refractivity (Wildman–Crippen MR) is 130 cm³/mol. The Bertz CT molecular complexity index is 1180. The van der Waals surface area contributed by atoms with Crippen LogP contribution >= 0.6 is 0 Å². The van der Waals surface area contributed by atoms with Gasteiger partial charge in [-0.1, -0.05) is 6.07 Å². The number of nitrogens with one attached hydrogen (secondary N) is 1. The van der Waals surface area contributed by atoms with Crippen molar-refractivity contribution in [2.24, 2.45) is 24.8 Å². The molecule has 186 valence electrons. The molecule has 1 aromatic carbocycles. The monoisotopic (exact) mass is 482 g/mol. The third-order valence-electron chi connectivity index (χ3n) is 8.00. The van der Waals surface area contributed by atoms with Crippen LogP contribution in [0.3, 0.4) is 0 Å². The molecule has 7 nitrogen and oxygen atoms in total. The lowest BCUT2D eigenvalue weighted by Gasteiger charge is -2.28. The van der Waals surface area contributed by atoms with E-state index >= 15 is 0 Å². The average Bonchev–Trinajstić information content (AvgIpc) is 3.51. The standard InChI is InChI=1S/C26H32F2N6O/c1-33-13-20-8-17(2-3-23(20)32-33)24-11-22(25(27)28)26(31-30-24)29-21-9-18-14-34(15-19(18)10-21)12-16-4-6-35-7-5-16/h2-3,8,11,13,16,18-19,21,25H,4-7,9-10,12,14-15H2,1H3,(H,29,31)/t18-,19+,21+. The second-order valence-electron chi connectivity index (χ2n) is 10.5. The van der Waals surface area contributed by atoms with E-state index < -0.39 is 6.43 Å². The summed E-state index contributed by atoms with van der Waals surface area (Å²) in [6.07, 6.45) is 3.61. The Morgan fingerprint density at radius 1 is 1.09 bits per heavy atom. The first-order valence-corrected chi connectivity index (χ1v) is 12.7. The largest absolute Gasteiger partial charge is 0.381 e. The van der Waals surface area contributed by atoms with Crippen LogP contribution in [0.5, 0.6) is 0 Å². The van der Waals surface area contributed by atoms with Crippen molar-refractivity contribution in [2.75, 3.05) is 38.2 Å². The van der Waals surface area contributed by atoms with Gasteiger partial charge in [0.15, 0.2) is 5.82 Å². The second-order valence-corrected chi connectivity index (χ2v) is 10.5. The number of ether oxygens (including phenoxy) is 1. The molecule has 1 N–H and O–H groups in total. The number of aromatic nitrogens is 4. The Balaban J connectivity index is 1.12. The fourth-order valence-electron chi connectivity index (χ4n) is 6.29. The maximum absolute atomic E-state index is 14.0. The summed E-state index contributed by atoms with van der Waals surface area (Å²) in [5, 5.41) is 17.2. The number of hydrogen-bond acceptors (Lipinski definition) is 6. The van der Waals surface area contributed by atoms with E-state index in [2.05, 4.69) is 25.5 Å². The maximum atomic E-state index is 14.0. The smallest absolute Gasteiger partial charge is 0.267 e. The highest BCUT2D eigenvalue weighted by Crippen LogP contribution is 2.40. The zero-order valence-electron chi connectivity index (χ0n) is 20.0. The topological polar surface area (TPSA) is 68.1 Å². The molecule has 35 heavy (non-hydrogen) atoms. The normalized spacial score (nSPS) is 25.5. The molecule has 3 fully saturated rings. The third-order valence-corrected chi connectivity index (χ3v) is 8.00. The average molecular weight is 483 g/mol. The van der Waals surface area contributed by atoms with E-state index in [0.29, 0.717) is 17.5 Å². The molecule has 1 aliphatic carbocycles. The number of fused-ring (bicyclic) bond motifs is 2. The number of aryl methyl sites for hydroxylation is 1. The number of rotatable bonds is 6. The van der Waals surface area contributed by atoms with Crippen molar-refractivity contribution < 1.29 is 13.5 Å². The molecule has 3 aliphatic rings. The molecule has 0 bridgehead atoms. The fraction of sp³-hybridized carbons (Fsp3) is 0.577. The number of likely N-dealkylation sites (tertiary alicyclic amines) is 1. The maximum Gasteiger partial charge on any atom is 0.267 e. The lowest BCUT2D eigenvalue weighted by atomic mass is 10.00. The van der Waals surface area contributed by atoms with Crippen LogP contribution < -0.4 is 5.32 Å². The summed E-state index contributed by atoms with van der Waals surface area (Å²) in [7, 11) is 1.86. The first-order valence-electron chi connectivity index (χ1n) is 12.7. The summed E-state index contributed by atoms with van der Waals surface area (Å²) < 4.78 is 35.3. The number of hydrogen-bond donors (Lipinski definition) is 1. The fourth-order valence-corrected chi connectivity index (χ4v) is 6.29. The van der Waals surface area contributed by atoms with Gasteiger partial charge in [0.2, 0.25) is 0 Å². The van der Waals surface area contributed by atoms with Crippen molar-refractivity contribution in [3.63, 3.8) is 0 Å². The minimum Gasteiger partial charge on any atom is -0.381 e. The van der Waals surface area contributed by atoms with Gasteiger partial charge < -0.3 is 15.0 Å². The van der Waals surface area contributed by atoms with E-state index in [9.17, 15) is 8.78 Å². The second kappa shape index (κ2) is 9.43. The summed E-state index contributed by atoms with van der Waals surface area (Å²) >= 11 is 0. The highest BCUT2D eigenvalue weighted by Gasteiger charge is 2.41. The lowest BCUT2D eigenvalue weighted by Crippen LogP contribution is -2.32. The molecular formula is C26H32F2N6O. The van der Waals surface area contributed by atoms with Gasteiger partial charge in [-0.05, 0) is 61.6 Å². The highest BCUT2D eigenvalue weighted by atomic mass is 19.3. The zero-order chi connectivity index (χ0) is 23.9. The van der Waals surface area contributed by atoms with E-state index in [1.54, 1.807) is 4.68 Å². The van der Waals surface area contributed by atoms with E-state index in [4.69, 9.17) is 4.74 Å². The zero-order valence-corrected chi connectivity index (χ0v) is 20.0. The molecule has 2 aromatic heterocycles. The molecule has 1 saturated carbocycles. The Kier molecular flexibility index (Phi) is 6.14. The van der Waals surface area contributed by atoms with Gasteiger partial charge in [0.05, 0.1) is 16.8 Å². The van der Waals surface area contributed by atoms with Crippen molar-refractivity contribution in [3.8, 4) is 11.3 Å². The molecular weight excluding hydrogens is 450 g/mol. The summed E-state index contributed by atoms with van der Waals surface area (Å²) in [6, 6.07) is 7.29. The number of benzene rings is 1. The van der Waals surface area contributed by atoms with Crippen LogP contribution in [-0.2, 0) is 11.8 Å². The third kappa shape index (κ3) is 4.76. The molecule has 3 aromatic rings. The van der Waals surface area contributed by atoms with Crippen molar-refractivity contribution in [1.82, 2.24) is 24.9 Å². The minimum atomic E-state index is -2.62. The van der Waals surface area contributed by atoms with Crippen molar-refractivity contribution in [3.05, 3.63) is 36.0 Å². The number of nitrogens with zero attached hydrogens (tertiary/aromatic N) is 5. The van der Waals surface area contributed by atoms with Gasteiger partial charge in [0.25, 0.3) is 6.43 Å². The van der Waals surface area contributed by atoms with Crippen LogP contribution in [0.4, 0.5) is 14.6 Å². The molecule has 6 rings (SSSR count). The van der Waals surface area contributed by atoms with E-state index in [-0.39, 0.29) is 17.4 Å². The Morgan fingerprint density at radius 2 is 1.86 bits per heavy atom. The van der Waals surface area contributed by atoms with Crippen LogP contribution in [0, 0.1) is 17.8 Å². The van der Waals surface area contributed by atoms with Gasteiger partial charge in [-0.3, -0.25) is 4.68 Å². The van der Waals surface area contributed by atoms with Crippen LogP contribution in [-0.4, -0.2) is 63.8 Å². The van der Waals surface area contributed by atoms with E-state index in [0.717, 1.165) is 74.4 Å². The van der Waals surface area contributed by atoms with E-state index in [1.165, 1.54) is 12.6 Å². The Hall–Kier alpha value is -2.65. The Labute approximate surface area is 203 Å². The van der Waals surface area contributed by atoms with Gasteiger partial charge in [-0.15, -0.1) is 10.2 Å². The summed E-state index contributed by atoms with van der Waals surface area (Å²) in [6.45, 7) is 5.18. The molecule has 0 radical (unpaired) electrons. The summed E-state index contributed by atoms with van der Waals surface area (Å²) in [5.74, 6) is 2.22. The summed E-state index contributed by atoms with van der Waals surface area (Å²) in [5.41, 5.74) is 1.98. The first-order chi connectivity index (χ1) is 17.0. The quantitative estimate of drug-likeness (QED) is 0.557. The minimum absolute atomic E-state index is 0.0838. The van der Waals surface area contributed by atoms with Crippen LogP contribution in [0.25, 0.3) is 22.2 Å². The number of anilines is 1. The molecule has 9 heteroatoms. The first kappa shape index (κ1) is 22.8. The predicted octanol–water partition coefficient (Wildman–Crippen LogP) is 4.52. The van der Waals surface area contributed by atoms with Crippen LogP contribution in [0.15, 0.2) is 30.5 Å². The van der Waals surface area contributed by atoms with Crippen molar-refractivity contribution in [2.45, 2.75) is 38.2 Å². The van der Waals surface area contributed by atoms with Gasteiger partial charge in [0.1, 0.15) is 0 Å². The SMILES string of the molecule is Cn1cc2cc(-c3cc(C(F)F)c(N[C@H]4C[C@@H]5CN(CC6CCOCC6)C[C@@H]5C4)nn3)ccc2n1. The van der Waals surface area contributed by atoms with Gasteiger partial charge in [-0.25, -0.2) is 8.78 Å². The van der Waals surface area contributed by atoms with Crippen LogP contribution in [0.2, 0.25) is 0 Å².